The Morgan fingerprint density at radius 2 is 2.00 bits per heavy atom. The molecule has 0 N–H and O–H groups in total. The number of hydrogen-bond donors (Lipinski definition) is 0. The Kier molecular flexibility index (Phi) is 4.04. The van der Waals surface area contributed by atoms with Crippen molar-refractivity contribution >= 4 is 11.6 Å². The van der Waals surface area contributed by atoms with E-state index in [0.29, 0.717) is 5.76 Å². The van der Waals surface area contributed by atoms with Gasteiger partial charge in [-0.15, -0.1) is 0 Å². The third kappa shape index (κ3) is 2.52. The fourth-order valence-electron chi connectivity index (χ4n) is 2.06. The van der Waals surface area contributed by atoms with Crippen molar-refractivity contribution in [2.45, 2.75) is 39.0 Å². The van der Waals surface area contributed by atoms with Crippen molar-refractivity contribution in [2.24, 2.45) is 0 Å². The van der Waals surface area contributed by atoms with E-state index in [2.05, 4.69) is 0 Å². The molecule has 1 heterocycles. The average Bonchev–Trinajstić information content (AvgIpc) is 2.80. The van der Waals surface area contributed by atoms with Crippen LogP contribution in [0.2, 0.25) is 5.02 Å². The molecular weight excluding hydrogens is 281 g/mol. The van der Waals surface area contributed by atoms with Crippen LogP contribution in [0.25, 0.3) is 5.69 Å². The number of aromatic nitrogens is 1. The van der Waals surface area contributed by atoms with E-state index in [0.717, 1.165) is 12.8 Å². The number of nitrogens with zero attached hydrogens (tertiary/aromatic N) is 1. The third-order valence-electron chi connectivity index (χ3n) is 3.97. The van der Waals surface area contributed by atoms with Crippen LogP contribution in [-0.2, 0) is 5.41 Å². The van der Waals surface area contributed by atoms with Gasteiger partial charge in [0.1, 0.15) is 11.6 Å². The summed E-state index contributed by atoms with van der Waals surface area (Å²) in [5.74, 6) is -0.571. The summed E-state index contributed by atoms with van der Waals surface area (Å²) in [6.07, 6.45) is 3.24. The van der Waals surface area contributed by atoms with Gasteiger partial charge in [-0.3, -0.25) is 0 Å². The zero-order valence-electron chi connectivity index (χ0n) is 11.7. The van der Waals surface area contributed by atoms with Gasteiger partial charge in [0.2, 0.25) is 0 Å². The third-order valence-corrected chi connectivity index (χ3v) is 4.20. The lowest BCUT2D eigenvalue weighted by molar-refractivity contribution is 0.326. The average molecular weight is 298 g/mol. The molecule has 1 aromatic carbocycles. The Morgan fingerprint density at radius 1 is 1.35 bits per heavy atom. The first-order valence-electron chi connectivity index (χ1n) is 6.59. The van der Waals surface area contributed by atoms with Crippen LogP contribution in [0.3, 0.4) is 0 Å². The Bertz CT molecular complexity index is 671. The summed E-state index contributed by atoms with van der Waals surface area (Å²) in [5, 5.41) is 0.287. The van der Waals surface area contributed by atoms with Crippen LogP contribution in [0.1, 0.15) is 39.4 Å². The quantitative estimate of drug-likeness (QED) is 0.843. The van der Waals surface area contributed by atoms with E-state index < -0.39 is 11.6 Å². The smallest absolute Gasteiger partial charge is 0.412 e. The minimum absolute atomic E-state index is 0.143. The second-order valence-corrected chi connectivity index (χ2v) is 5.53. The predicted octanol–water partition coefficient (Wildman–Crippen LogP) is 4.30. The summed E-state index contributed by atoms with van der Waals surface area (Å²) in [6.45, 7) is 6.08. The predicted molar refractivity (Wildman–Crippen MR) is 77.2 cm³/mol. The first-order chi connectivity index (χ1) is 9.41. The van der Waals surface area contributed by atoms with Crippen LogP contribution >= 0.6 is 11.6 Å². The number of benzene rings is 1. The molecule has 0 aliphatic rings. The lowest BCUT2D eigenvalue weighted by Gasteiger charge is -2.22. The van der Waals surface area contributed by atoms with E-state index in [1.807, 2.05) is 20.8 Å². The fraction of sp³-hybridized carbons (Fsp3) is 0.400. The SMILES string of the molecule is CCC(C)(CC)c1cn(-c2ccc(Cl)cc2F)c(=O)o1. The van der Waals surface area contributed by atoms with E-state index in [-0.39, 0.29) is 16.1 Å². The van der Waals surface area contributed by atoms with Gasteiger partial charge in [0.05, 0.1) is 11.9 Å². The van der Waals surface area contributed by atoms with Gasteiger partial charge in [0.25, 0.3) is 0 Å². The summed E-state index contributed by atoms with van der Waals surface area (Å²) in [5.41, 5.74) is -0.0863. The van der Waals surface area contributed by atoms with E-state index in [4.69, 9.17) is 16.0 Å². The van der Waals surface area contributed by atoms with Crippen LogP contribution < -0.4 is 5.76 Å². The molecule has 0 aliphatic heterocycles. The second-order valence-electron chi connectivity index (χ2n) is 5.09. The van der Waals surface area contributed by atoms with Crippen LogP contribution in [0, 0.1) is 5.82 Å². The monoisotopic (exact) mass is 297 g/mol. The minimum Gasteiger partial charge on any atom is -0.412 e. The van der Waals surface area contributed by atoms with Gasteiger partial charge in [-0.1, -0.05) is 32.4 Å². The Labute approximate surface area is 122 Å². The van der Waals surface area contributed by atoms with Crippen molar-refractivity contribution in [3.63, 3.8) is 0 Å². The fourth-order valence-corrected chi connectivity index (χ4v) is 2.22. The Hall–Kier alpha value is -1.55. The summed E-state index contributed by atoms with van der Waals surface area (Å²) >= 11 is 5.72. The lowest BCUT2D eigenvalue weighted by atomic mass is 9.83. The maximum Gasteiger partial charge on any atom is 0.423 e. The summed E-state index contributed by atoms with van der Waals surface area (Å²) in [6, 6.07) is 4.18. The molecule has 0 saturated heterocycles. The molecule has 2 rings (SSSR count). The Balaban J connectivity index is 2.55. The van der Waals surface area contributed by atoms with Crippen LogP contribution in [0.15, 0.2) is 33.6 Å². The minimum atomic E-state index is -0.589. The molecule has 0 fully saturated rings. The number of halogens is 2. The van der Waals surface area contributed by atoms with E-state index in [1.165, 1.54) is 22.8 Å². The molecule has 0 spiro atoms. The summed E-state index contributed by atoms with van der Waals surface area (Å²) in [4.78, 5) is 12.0. The molecule has 5 heteroatoms. The van der Waals surface area contributed by atoms with Gasteiger partial charge in [-0.05, 0) is 31.0 Å². The summed E-state index contributed by atoms with van der Waals surface area (Å²) in [7, 11) is 0. The molecule has 0 bridgehead atoms. The molecule has 2 aromatic rings. The molecule has 1 aromatic heterocycles. The zero-order chi connectivity index (χ0) is 14.9. The molecular formula is C15H17ClFNO2. The lowest BCUT2D eigenvalue weighted by Crippen LogP contribution is -2.18. The first-order valence-corrected chi connectivity index (χ1v) is 6.97. The van der Waals surface area contributed by atoms with E-state index in [9.17, 15) is 9.18 Å². The number of rotatable bonds is 4. The van der Waals surface area contributed by atoms with Gasteiger partial charge in [-0.2, -0.15) is 0 Å². The maximum absolute atomic E-state index is 13.9. The number of hydrogen-bond acceptors (Lipinski definition) is 2. The van der Waals surface area contributed by atoms with Gasteiger partial charge < -0.3 is 4.42 Å². The maximum atomic E-state index is 13.9. The highest BCUT2D eigenvalue weighted by atomic mass is 35.5. The van der Waals surface area contributed by atoms with Crippen molar-refractivity contribution in [1.29, 1.82) is 0 Å². The summed E-state index contributed by atoms with van der Waals surface area (Å²) < 4.78 is 20.4. The van der Waals surface area contributed by atoms with E-state index in [1.54, 1.807) is 6.20 Å². The topological polar surface area (TPSA) is 35.1 Å². The molecule has 0 atom stereocenters. The molecule has 108 valence electrons. The highest BCUT2D eigenvalue weighted by Gasteiger charge is 2.28. The first kappa shape index (κ1) is 14.9. The van der Waals surface area contributed by atoms with Gasteiger partial charge in [-0.25, -0.2) is 13.8 Å². The molecule has 0 aliphatic carbocycles. The van der Waals surface area contributed by atoms with Crippen molar-refractivity contribution in [3.8, 4) is 5.69 Å². The normalized spacial score (nSPS) is 11.8. The van der Waals surface area contributed by atoms with Crippen molar-refractivity contribution in [2.75, 3.05) is 0 Å². The largest absolute Gasteiger partial charge is 0.423 e. The highest BCUT2D eigenvalue weighted by Crippen LogP contribution is 2.31. The number of oxazole rings is 1. The molecule has 0 amide bonds. The van der Waals surface area contributed by atoms with Gasteiger partial charge >= 0.3 is 5.76 Å². The standard InChI is InChI=1S/C15H17ClFNO2/c1-4-15(3,5-2)13-9-18(14(19)20-13)12-7-6-10(16)8-11(12)17/h6-9H,4-5H2,1-3H3. The van der Waals surface area contributed by atoms with Crippen molar-refractivity contribution in [3.05, 3.63) is 51.5 Å². The Morgan fingerprint density at radius 3 is 2.55 bits per heavy atom. The second kappa shape index (κ2) is 5.44. The highest BCUT2D eigenvalue weighted by molar-refractivity contribution is 6.30. The van der Waals surface area contributed by atoms with Crippen molar-refractivity contribution < 1.29 is 8.81 Å². The van der Waals surface area contributed by atoms with E-state index >= 15 is 0 Å². The zero-order valence-corrected chi connectivity index (χ0v) is 12.5. The molecule has 0 radical (unpaired) electrons. The van der Waals surface area contributed by atoms with Gasteiger partial charge in [0, 0.05) is 10.4 Å². The van der Waals surface area contributed by atoms with Crippen molar-refractivity contribution in [1.82, 2.24) is 4.57 Å². The van der Waals surface area contributed by atoms with Crippen LogP contribution in [0.5, 0.6) is 0 Å². The molecule has 0 unspecified atom stereocenters. The van der Waals surface area contributed by atoms with Crippen LogP contribution in [0.4, 0.5) is 4.39 Å². The molecule has 0 saturated carbocycles. The van der Waals surface area contributed by atoms with Gasteiger partial charge in [0.15, 0.2) is 0 Å². The molecule has 3 nitrogen and oxygen atoms in total. The molecule has 20 heavy (non-hydrogen) atoms. The van der Waals surface area contributed by atoms with Crippen LogP contribution in [-0.4, -0.2) is 4.57 Å².